The number of benzene rings is 2. The Labute approximate surface area is 159 Å². The first-order valence-corrected chi connectivity index (χ1v) is 9.57. The van der Waals surface area contributed by atoms with E-state index in [2.05, 4.69) is 6.58 Å². The Balaban J connectivity index is 2.48. The number of sulfonamides is 1. The van der Waals surface area contributed by atoms with E-state index in [4.69, 9.17) is 10.00 Å². The van der Waals surface area contributed by atoms with E-state index in [-0.39, 0.29) is 23.5 Å². The zero-order valence-electron chi connectivity index (χ0n) is 15.2. The first-order valence-electron chi connectivity index (χ1n) is 8.13. The van der Waals surface area contributed by atoms with Crippen LogP contribution in [-0.2, 0) is 21.3 Å². The molecule has 0 atom stereocenters. The van der Waals surface area contributed by atoms with Gasteiger partial charge in [0.1, 0.15) is 0 Å². The number of nitriles is 1. The summed E-state index contributed by atoms with van der Waals surface area (Å²) >= 11 is 0. The molecule has 0 bridgehead atoms. The van der Waals surface area contributed by atoms with Gasteiger partial charge in [0.15, 0.2) is 0 Å². The van der Waals surface area contributed by atoms with Crippen LogP contribution in [0.2, 0.25) is 0 Å². The van der Waals surface area contributed by atoms with Gasteiger partial charge in [-0.05, 0) is 42.3 Å². The van der Waals surface area contributed by atoms with E-state index >= 15 is 0 Å². The minimum absolute atomic E-state index is 0.0312. The highest BCUT2D eigenvalue weighted by molar-refractivity contribution is 7.89. The summed E-state index contributed by atoms with van der Waals surface area (Å²) < 4.78 is 32.4. The Morgan fingerprint density at radius 1 is 1.30 bits per heavy atom. The number of esters is 1. The third kappa shape index (κ3) is 4.42. The first-order chi connectivity index (χ1) is 12.8. The maximum atomic E-state index is 13.2. The molecule has 0 heterocycles. The summed E-state index contributed by atoms with van der Waals surface area (Å²) in [4.78, 5) is 11.9. The minimum Gasteiger partial charge on any atom is -0.465 e. The Morgan fingerprint density at radius 2 is 2.00 bits per heavy atom. The van der Waals surface area contributed by atoms with Gasteiger partial charge in [0, 0.05) is 13.1 Å². The van der Waals surface area contributed by atoms with Crippen molar-refractivity contribution in [2.24, 2.45) is 0 Å². The largest absolute Gasteiger partial charge is 0.465 e. The maximum absolute atomic E-state index is 13.2. The summed E-state index contributed by atoms with van der Waals surface area (Å²) in [6.07, 6.45) is 1.49. The Morgan fingerprint density at radius 3 is 2.63 bits per heavy atom. The summed E-state index contributed by atoms with van der Waals surface area (Å²) in [5.41, 5.74) is 1.65. The number of carbonyl (C=O) groups excluding carboxylic acids is 1. The van der Waals surface area contributed by atoms with Crippen LogP contribution in [0.25, 0.3) is 0 Å². The lowest BCUT2D eigenvalue weighted by Gasteiger charge is -2.22. The van der Waals surface area contributed by atoms with E-state index in [0.717, 1.165) is 0 Å². The Kier molecular flexibility index (Phi) is 6.50. The number of hydrogen-bond acceptors (Lipinski definition) is 5. The zero-order chi connectivity index (χ0) is 20.0. The normalized spacial score (nSPS) is 11.0. The highest BCUT2D eigenvalue weighted by atomic mass is 32.2. The monoisotopic (exact) mass is 384 g/mol. The summed E-state index contributed by atoms with van der Waals surface area (Å²) in [5.74, 6) is -0.596. The van der Waals surface area contributed by atoms with E-state index in [9.17, 15) is 13.2 Å². The number of rotatable bonds is 7. The van der Waals surface area contributed by atoms with Gasteiger partial charge in [-0.2, -0.15) is 9.57 Å². The fourth-order valence-corrected chi connectivity index (χ4v) is 4.34. The Bertz CT molecular complexity index is 1010. The first kappa shape index (κ1) is 20.4. The second-order valence-corrected chi connectivity index (χ2v) is 7.73. The smallest absolute Gasteiger partial charge is 0.338 e. The van der Waals surface area contributed by atoms with Crippen LogP contribution < -0.4 is 0 Å². The number of nitrogens with zero attached hydrogens (tertiary/aromatic N) is 2. The summed E-state index contributed by atoms with van der Waals surface area (Å²) in [6.45, 7) is 5.36. The van der Waals surface area contributed by atoms with Gasteiger partial charge in [0.05, 0.1) is 29.2 Å². The van der Waals surface area contributed by atoms with Gasteiger partial charge in [0.2, 0.25) is 10.0 Å². The van der Waals surface area contributed by atoms with Gasteiger partial charge in [-0.1, -0.05) is 24.3 Å². The van der Waals surface area contributed by atoms with Crippen LogP contribution in [0.15, 0.2) is 60.0 Å². The molecule has 2 rings (SSSR count). The summed E-state index contributed by atoms with van der Waals surface area (Å²) in [5, 5.41) is 9.04. The van der Waals surface area contributed by atoms with Crippen molar-refractivity contribution < 1.29 is 17.9 Å². The average molecular weight is 384 g/mol. The lowest BCUT2D eigenvalue weighted by Crippen LogP contribution is -2.31. The molecule has 140 valence electrons. The highest BCUT2D eigenvalue weighted by Gasteiger charge is 2.27. The molecule has 0 aliphatic heterocycles. The molecule has 0 aromatic heterocycles. The van der Waals surface area contributed by atoms with Crippen molar-refractivity contribution in [2.45, 2.75) is 18.4 Å². The van der Waals surface area contributed by atoms with Crippen molar-refractivity contribution in [1.82, 2.24) is 4.31 Å². The van der Waals surface area contributed by atoms with E-state index < -0.39 is 16.0 Å². The van der Waals surface area contributed by atoms with Crippen LogP contribution in [-0.4, -0.2) is 32.3 Å². The second-order valence-electron chi connectivity index (χ2n) is 5.82. The molecule has 0 N–H and O–H groups in total. The fraction of sp³-hybridized carbons (Fsp3) is 0.200. The highest BCUT2D eigenvalue weighted by Crippen LogP contribution is 2.25. The van der Waals surface area contributed by atoms with Gasteiger partial charge in [-0.15, -0.1) is 6.58 Å². The van der Waals surface area contributed by atoms with E-state index in [1.54, 1.807) is 31.2 Å². The third-order valence-corrected chi connectivity index (χ3v) is 6.01. The van der Waals surface area contributed by atoms with Crippen molar-refractivity contribution in [2.75, 3.05) is 13.7 Å². The zero-order valence-corrected chi connectivity index (χ0v) is 16.0. The maximum Gasteiger partial charge on any atom is 0.338 e. The number of carbonyl (C=O) groups is 1. The molecule has 0 saturated heterocycles. The van der Waals surface area contributed by atoms with Crippen molar-refractivity contribution >= 4 is 16.0 Å². The van der Waals surface area contributed by atoms with Gasteiger partial charge < -0.3 is 4.74 Å². The second kappa shape index (κ2) is 8.62. The van der Waals surface area contributed by atoms with Crippen molar-refractivity contribution in [3.63, 3.8) is 0 Å². The topological polar surface area (TPSA) is 87.5 Å². The third-order valence-electron chi connectivity index (χ3n) is 4.05. The van der Waals surface area contributed by atoms with Gasteiger partial charge >= 0.3 is 5.97 Å². The van der Waals surface area contributed by atoms with Crippen LogP contribution in [0, 0.1) is 18.3 Å². The molecule has 2 aromatic carbocycles. The lowest BCUT2D eigenvalue weighted by molar-refractivity contribution is 0.0599. The molecule has 2 aromatic rings. The number of ether oxygens (including phenoxy) is 1. The number of hydrogen-bond donors (Lipinski definition) is 0. The molecule has 0 saturated carbocycles. The van der Waals surface area contributed by atoms with E-state index in [0.29, 0.717) is 16.7 Å². The van der Waals surface area contributed by atoms with Crippen LogP contribution in [0.1, 0.15) is 27.0 Å². The van der Waals surface area contributed by atoms with Crippen molar-refractivity contribution in [1.29, 1.82) is 5.26 Å². The lowest BCUT2D eigenvalue weighted by atomic mass is 10.1. The molecular weight excluding hydrogens is 364 g/mol. The Hall–Kier alpha value is -2.95. The predicted molar refractivity (Wildman–Crippen MR) is 101 cm³/mol. The molecular formula is C20H20N2O4S. The molecule has 0 unspecified atom stereocenters. The summed E-state index contributed by atoms with van der Waals surface area (Å²) in [7, 11) is -2.66. The van der Waals surface area contributed by atoms with Gasteiger partial charge in [0.25, 0.3) is 0 Å². The quantitative estimate of drug-likeness (QED) is 0.541. The van der Waals surface area contributed by atoms with Crippen molar-refractivity contribution in [3.8, 4) is 6.07 Å². The average Bonchev–Trinajstić information content (AvgIpc) is 2.67. The molecule has 0 aliphatic carbocycles. The predicted octanol–water partition coefficient (Wildman–Crippen LogP) is 3.03. The molecule has 0 aliphatic rings. The molecule has 27 heavy (non-hydrogen) atoms. The summed E-state index contributed by atoms with van der Waals surface area (Å²) in [6, 6.07) is 13.3. The molecule has 6 nitrogen and oxygen atoms in total. The van der Waals surface area contributed by atoms with E-state index in [1.807, 2.05) is 6.07 Å². The van der Waals surface area contributed by atoms with Gasteiger partial charge in [-0.3, -0.25) is 0 Å². The van der Waals surface area contributed by atoms with Crippen LogP contribution >= 0.6 is 0 Å². The molecule has 0 fully saturated rings. The van der Waals surface area contributed by atoms with Crippen LogP contribution in [0.5, 0.6) is 0 Å². The fourth-order valence-electron chi connectivity index (χ4n) is 2.70. The molecule has 0 spiro atoms. The van der Waals surface area contributed by atoms with Gasteiger partial charge in [-0.25, -0.2) is 13.2 Å². The molecule has 0 radical (unpaired) electrons. The van der Waals surface area contributed by atoms with Crippen LogP contribution in [0.3, 0.4) is 0 Å². The standard InChI is InChI=1S/C20H20N2O4S/c1-4-11-22(14-17-8-5-7-16(12-17)13-21)27(24,25)19-10-6-9-18(15(19)2)20(23)26-3/h4-10,12H,1,11,14H2,2-3H3. The molecule has 7 heteroatoms. The molecule has 0 amide bonds. The van der Waals surface area contributed by atoms with Crippen molar-refractivity contribution in [3.05, 3.63) is 77.4 Å². The van der Waals surface area contributed by atoms with E-state index in [1.165, 1.54) is 35.7 Å². The number of methoxy groups -OCH3 is 1. The minimum atomic E-state index is -3.90. The van der Waals surface area contributed by atoms with Crippen LogP contribution in [0.4, 0.5) is 0 Å². The SMILES string of the molecule is C=CCN(Cc1cccc(C#N)c1)S(=O)(=O)c1cccc(C(=O)OC)c1C.